The lowest BCUT2D eigenvalue weighted by molar-refractivity contribution is -0.119. The lowest BCUT2D eigenvalue weighted by Crippen LogP contribution is -2.34. The van der Waals surface area contributed by atoms with E-state index in [0.717, 1.165) is 5.56 Å². The Morgan fingerprint density at radius 3 is 2.41 bits per heavy atom. The van der Waals surface area contributed by atoms with E-state index in [4.69, 9.17) is 5.11 Å². The molecule has 0 aromatic heterocycles. The second-order valence-corrected chi connectivity index (χ2v) is 8.02. The SMILES string of the molecule is CC(C)(C)CC(NC(=O)CS(=O)CCO)c1ccc(F)cc1. The number of halogens is 1. The zero-order valence-electron chi connectivity index (χ0n) is 13.3. The van der Waals surface area contributed by atoms with Crippen LogP contribution in [0.2, 0.25) is 0 Å². The Balaban J connectivity index is 2.80. The second-order valence-electron chi connectivity index (χ2n) is 6.45. The van der Waals surface area contributed by atoms with Crippen LogP contribution in [0.1, 0.15) is 38.8 Å². The van der Waals surface area contributed by atoms with Crippen LogP contribution in [-0.2, 0) is 15.6 Å². The van der Waals surface area contributed by atoms with Gasteiger partial charge in [-0.3, -0.25) is 9.00 Å². The van der Waals surface area contributed by atoms with Crippen molar-refractivity contribution in [1.29, 1.82) is 0 Å². The third-order valence-corrected chi connectivity index (χ3v) is 4.26. The molecule has 2 atom stereocenters. The van der Waals surface area contributed by atoms with Gasteiger partial charge in [0.1, 0.15) is 11.6 Å². The van der Waals surface area contributed by atoms with E-state index in [1.165, 1.54) is 12.1 Å². The lowest BCUT2D eigenvalue weighted by atomic mass is 9.85. The lowest BCUT2D eigenvalue weighted by Gasteiger charge is -2.27. The summed E-state index contributed by atoms with van der Waals surface area (Å²) in [7, 11) is -1.37. The van der Waals surface area contributed by atoms with Gasteiger partial charge < -0.3 is 10.4 Å². The predicted molar refractivity (Wildman–Crippen MR) is 86.3 cm³/mol. The first-order valence-electron chi connectivity index (χ1n) is 7.22. The van der Waals surface area contributed by atoms with Crippen molar-refractivity contribution in [3.8, 4) is 0 Å². The monoisotopic (exact) mass is 329 g/mol. The predicted octanol–water partition coefficient (Wildman–Crippen LogP) is 2.16. The number of aliphatic hydroxyl groups excluding tert-OH is 1. The first-order chi connectivity index (χ1) is 10.2. The van der Waals surface area contributed by atoms with Gasteiger partial charge in [0, 0.05) is 16.6 Å². The van der Waals surface area contributed by atoms with Crippen molar-refractivity contribution in [2.45, 2.75) is 33.2 Å². The Hall–Kier alpha value is -1.27. The Labute approximate surface area is 133 Å². The smallest absolute Gasteiger partial charge is 0.233 e. The zero-order chi connectivity index (χ0) is 16.8. The Morgan fingerprint density at radius 1 is 1.32 bits per heavy atom. The zero-order valence-corrected chi connectivity index (χ0v) is 14.1. The quantitative estimate of drug-likeness (QED) is 0.805. The summed E-state index contributed by atoms with van der Waals surface area (Å²) in [5, 5.41) is 11.6. The van der Waals surface area contributed by atoms with Crippen LogP contribution in [0, 0.1) is 11.2 Å². The Kier molecular flexibility index (Phi) is 7.16. The molecule has 0 saturated heterocycles. The van der Waals surface area contributed by atoms with Gasteiger partial charge in [-0.15, -0.1) is 0 Å². The number of nitrogens with one attached hydrogen (secondary N) is 1. The number of hydrogen-bond acceptors (Lipinski definition) is 3. The largest absolute Gasteiger partial charge is 0.395 e. The van der Waals surface area contributed by atoms with Gasteiger partial charge in [0.05, 0.1) is 12.6 Å². The van der Waals surface area contributed by atoms with Crippen molar-refractivity contribution in [2.24, 2.45) is 5.41 Å². The van der Waals surface area contributed by atoms with E-state index in [9.17, 15) is 13.4 Å². The molecule has 0 aliphatic carbocycles. The Morgan fingerprint density at radius 2 is 1.91 bits per heavy atom. The maximum absolute atomic E-state index is 13.1. The highest BCUT2D eigenvalue weighted by Crippen LogP contribution is 2.29. The van der Waals surface area contributed by atoms with Crippen LogP contribution < -0.4 is 5.32 Å². The normalized spacial score (nSPS) is 14.4. The summed E-state index contributed by atoms with van der Waals surface area (Å²) < 4.78 is 24.6. The summed E-state index contributed by atoms with van der Waals surface area (Å²) in [6.07, 6.45) is 0.678. The fourth-order valence-electron chi connectivity index (χ4n) is 2.12. The topological polar surface area (TPSA) is 66.4 Å². The molecule has 0 fully saturated rings. The van der Waals surface area contributed by atoms with Gasteiger partial charge in [-0.1, -0.05) is 32.9 Å². The van der Waals surface area contributed by atoms with Crippen molar-refractivity contribution < 1.29 is 18.5 Å². The van der Waals surface area contributed by atoms with E-state index >= 15 is 0 Å². The average Bonchev–Trinajstić information content (AvgIpc) is 2.37. The van der Waals surface area contributed by atoms with Gasteiger partial charge in [-0.25, -0.2) is 4.39 Å². The van der Waals surface area contributed by atoms with Gasteiger partial charge in [-0.2, -0.15) is 0 Å². The number of hydrogen-bond donors (Lipinski definition) is 2. The second kappa shape index (κ2) is 8.39. The molecule has 4 nitrogen and oxygen atoms in total. The molecule has 124 valence electrons. The van der Waals surface area contributed by atoms with E-state index in [-0.39, 0.29) is 41.3 Å². The summed E-state index contributed by atoms with van der Waals surface area (Å²) in [6, 6.07) is 5.76. The van der Waals surface area contributed by atoms with Crippen LogP contribution >= 0.6 is 0 Å². The summed E-state index contributed by atoms with van der Waals surface area (Å²) in [6.45, 7) is 5.96. The minimum atomic E-state index is -1.37. The van der Waals surface area contributed by atoms with Crippen molar-refractivity contribution in [3.63, 3.8) is 0 Å². The van der Waals surface area contributed by atoms with Crippen molar-refractivity contribution in [2.75, 3.05) is 18.1 Å². The van der Waals surface area contributed by atoms with E-state index < -0.39 is 10.8 Å². The molecular weight excluding hydrogens is 305 g/mol. The average molecular weight is 329 g/mol. The van der Waals surface area contributed by atoms with Gasteiger partial charge >= 0.3 is 0 Å². The third-order valence-electron chi connectivity index (χ3n) is 3.04. The maximum Gasteiger partial charge on any atom is 0.233 e. The fraction of sp³-hybridized carbons (Fsp3) is 0.562. The number of aliphatic hydroxyl groups is 1. The number of amides is 1. The highest BCUT2D eigenvalue weighted by atomic mass is 32.2. The van der Waals surface area contributed by atoms with E-state index in [1.54, 1.807) is 12.1 Å². The molecule has 2 unspecified atom stereocenters. The first-order valence-corrected chi connectivity index (χ1v) is 8.71. The van der Waals surface area contributed by atoms with Crippen LogP contribution in [0.4, 0.5) is 4.39 Å². The molecule has 0 aliphatic heterocycles. The van der Waals surface area contributed by atoms with Crippen LogP contribution in [0.5, 0.6) is 0 Å². The van der Waals surface area contributed by atoms with Crippen LogP contribution in [0.15, 0.2) is 24.3 Å². The molecule has 0 bridgehead atoms. The molecule has 22 heavy (non-hydrogen) atoms. The summed E-state index contributed by atoms with van der Waals surface area (Å²) in [5.41, 5.74) is 0.786. The highest BCUT2D eigenvalue weighted by molar-refractivity contribution is 7.85. The molecule has 0 spiro atoms. The minimum absolute atomic E-state index is 0.0312. The fourth-order valence-corrected chi connectivity index (χ4v) is 2.84. The van der Waals surface area contributed by atoms with E-state index in [2.05, 4.69) is 26.1 Å². The maximum atomic E-state index is 13.1. The van der Waals surface area contributed by atoms with Gasteiger partial charge in [-0.05, 0) is 29.5 Å². The van der Waals surface area contributed by atoms with E-state index in [1.807, 2.05) is 0 Å². The standard InChI is InChI=1S/C16H24FNO3S/c1-16(2,3)10-14(12-4-6-13(17)7-5-12)18-15(20)11-22(21)9-8-19/h4-7,14,19H,8-11H2,1-3H3,(H,18,20). The summed E-state index contributed by atoms with van der Waals surface area (Å²) >= 11 is 0. The number of carbonyl (C=O) groups is 1. The van der Waals surface area contributed by atoms with Crippen molar-refractivity contribution in [3.05, 3.63) is 35.6 Å². The summed E-state index contributed by atoms with van der Waals surface area (Å²) in [5.74, 6) is -0.699. The van der Waals surface area contributed by atoms with Gasteiger partial charge in [0.2, 0.25) is 5.91 Å². The van der Waals surface area contributed by atoms with Gasteiger partial charge in [0.25, 0.3) is 0 Å². The van der Waals surface area contributed by atoms with Crippen LogP contribution in [0.25, 0.3) is 0 Å². The minimum Gasteiger partial charge on any atom is -0.395 e. The molecule has 6 heteroatoms. The third kappa shape index (κ3) is 7.13. The first kappa shape index (κ1) is 18.8. The molecule has 0 radical (unpaired) electrons. The molecule has 0 aliphatic rings. The molecule has 1 aromatic rings. The van der Waals surface area contributed by atoms with Crippen molar-refractivity contribution >= 4 is 16.7 Å². The number of carbonyl (C=O) groups excluding carboxylic acids is 1. The van der Waals surface area contributed by atoms with Gasteiger partial charge in [0.15, 0.2) is 0 Å². The molecule has 2 N–H and O–H groups in total. The molecule has 1 rings (SSSR count). The summed E-state index contributed by atoms with van der Waals surface area (Å²) in [4.78, 5) is 12.0. The molecule has 0 saturated carbocycles. The van der Waals surface area contributed by atoms with E-state index in [0.29, 0.717) is 6.42 Å². The molecular formula is C16H24FNO3S. The molecule has 1 aromatic carbocycles. The molecule has 1 amide bonds. The number of rotatable bonds is 7. The van der Waals surface area contributed by atoms with Crippen molar-refractivity contribution in [1.82, 2.24) is 5.32 Å². The molecule has 0 heterocycles. The number of benzene rings is 1. The van der Waals surface area contributed by atoms with Crippen LogP contribution in [-0.4, -0.2) is 33.3 Å². The highest BCUT2D eigenvalue weighted by Gasteiger charge is 2.22. The Bertz CT molecular complexity index is 511. The van der Waals surface area contributed by atoms with Crippen LogP contribution in [0.3, 0.4) is 0 Å².